The summed E-state index contributed by atoms with van der Waals surface area (Å²) in [5.74, 6) is -0.167. The van der Waals surface area contributed by atoms with Crippen LogP contribution in [0.5, 0.6) is 0 Å². The first-order valence-electron chi connectivity index (χ1n) is 9.60. The highest BCUT2D eigenvalue weighted by atomic mass is 32.2. The van der Waals surface area contributed by atoms with Gasteiger partial charge in [0, 0.05) is 48.6 Å². The molecule has 0 saturated carbocycles. The second-order valence-electron chi connectivity index (χ2n) is 7.45. The highest BCUT2D eigenvalue weighted by molar-refractivity contribution is 7.88. The fourth-order valence-corrected chi connectivity index (χ4v) is 4.80. The van der Waals surface area contributed by atoms with Gasteiger partial charge in [0.05, 0.1) is 11.8 Å². The minimum atomic E-state index is -3.26. The predicted molar refractivity (Wildman–Crippen MR) is 112 cm³/mol. The summed E-state index contributed by atoms with van der Waals surface area (Å²) in [5, 5.41) is 4.18. The van der Waals surface area contributed by atoms with Gasteiger partial charge in [-0.25, -0.2) is 8.42 Å². The summed E-state index contributed by atoms with van der Waals surface area (Å²) < 4.78 is 25.0. The van der Waals surface area contributed by atoms with Crippen LogP contribution in [0.2, 0.25) is 0 Å². The van der Waals surface area contributed by atoms with E-state index in [2.05, 4.69) is 21.4 Å². The third kappa shape index (κ3) is 3.90. The highest BCUT2D eigenvalue weighted by Crippen LogP contribution is 2.24. The quantitative estimate of drug-likeness (QED) is 0.671. The van der Waals surface area contributed by atoms with Crippen molar-refractivity contribution < 1.29 is 13.2 Å². The van der Waals surface area contributed by atoms with Crippen LogP contribution in [-0.4, -0.2) is 47.9 Å². The molecular weight excluding hydrogens is 388 g/mol. The largest absolute Gasteiger partial charge is 0.358 e. The second kappa shape index (κ2) is 7.61. The van der Waals surface area contributed by atoms with Gasteiger partial charge in [0.25, 0.3) is 5.91 Å². The van der Waals surface area contributed by atoms with Crippen LogP contribution in [-0.2, 0) is 29.4 Å². The fourth-order valence-electron chi connectivity index (χ4n) is 4.00. The summed E-state index contributed by atoms with van der Waals surface area (Å²) in [4.78, 5) is 20.3. The maximum Gasteiger partial charge on any atom is 0.253 e. The zero-order valence-electron chi connectivity index (χ0n) is 16.5. The molecule has 2 aromatic heterocycles. The SMILES string of the molecule is Cc1[nH]c2ccccc2c1CCNC(=O)c1cncc2c1CCN(S(C)(=O)=O)C2. The van der Waals surface area contributed by atoms with E-state index < -0.39 is 10.0 Å². The van der Waals surface area contributed by atoms with E-state index in [-0.39, 0.29) is 12.5 Å². The van der Waals surface area contributed by atoms with Crippen LogP contribution >= 0.6 is 0 Å². The molecular formula is C21H24N4O3S. The van der Waals surface area contributed by atoms with Gasteiger partial charge in [-0.15, -0.1) is 0 Å². The Kier molecular flexibility index (Phi) is 5.14. The minimum absolute atomic E-state index is 0.167. The number of amides is 1. The van der Waals surface area contributed by atoms with E-state index in [1.807, 2.05) is 25.1 Å². The Bertz CT molecular complexity index is 1180. The summed E-state index contributed by atoms with van der Waals surface area (Å²) in [6.07, 6.45) is 5.66. The molecule has 3 heterocycles. The molecule has 1 aliphatic heterocycles. The molecule has 1 aromatic carbocycles. The smallest absolute Gasteiger partial charge is 0.253 e. The summed E-state index contributed by atoms with van der Waals surface area (Å²) in [5.41, 5.74) is 5.63. The Labute approximate surface area is 170 Å². The number of aryl methyl sites for hydroxylation is 1. The number of nitrogens with one attached hydrogen (secondary N) is 2. The van der Waals surface area contributed by atoms with Gasteiger partial charge in [-0.3, -0.25) is 9.78 Å². The first-order valence-corrected chi connectivity index (χ1v) is 11.4. The Hall–Kier alpha value is -2.71. The van der Waals surface area contributed by atoms with Crippen molar-refractivity contribution in [3.05, 3.63) is 64.6 Å². The molecule has 0 radical (unpaired) electrons. The lowest BCUT2D eigenvalue weighted by Crippen LogP contribution is -2.37. The van der Waals surface area contributed by atoms with Gasteiger partial charge in [-0.1, -0.05) is 18.2 Å². The number of fused-ring (bicyclic) bond motifs is 2. The molecule has 0 bridgehead atoms. The molecule has 8 heteroatoms. The highest BCUT2D eigenvalue weighted by Gasteiger charge is 2.26. The van der Waals surface area contributed by atoms with E-state index in [0.29, 0.717) is 25.1 Å². The minimum Gasteiger partial charge on any atom is -0.358 e. The van der Waals surface area contributed by atoms with Crippen molar-refractivity contribution in [2.45, 2.75) is 26.3 Å². The van der Waals surface area contributed by atoms with Gasteiger partial charge in [0.1, 0.15) is 0 Å². The van der Waals surface area contributed by atoms with Crippen LogP contribution in [0.15, 0.2) is 36.7 Å². The van der Waals surface area contributed by atoms with Gasteiger partial charge in [0.15, 0.2) is 0 Å². The van der Waals surface area contributed by atoms with Crippen molar-refractivity contribution in [2.75, 3.05) is 19.3 Å². The summed E-state index contributed by atoms with van der Waals surface area (Å²) in [6, 6.07) is 8.15. The maximum atomic E-state index is 12.8. The topological polar surface area (TPSA) is 95.2 Å². The second-order valence-corrected chi connectivity index (χ2v) is 9.43. The number of aromatic nitrogens is 2. The molecule has 7 nitrogen and oxygen atoms in total. The number of rotatable bonds is 5. The number of benzene rings is 1. The van der Waals surface area contributed by atoms with Crippen molar-refractivity contribution in [1.29, 1.82) is 0 Å². The van der Waals surface area contributed by atoms with E-state index in [1.54, 1.807) is 12.4 Å². The summed E-state index contributed by atoms with van der Waals surface area (Å²) in [6.45, 7) is 3.20. The number of aromatic amines is 1. The lowest BCUT2D eigenvalue weighted by molar-refractivity contribution is 0.0952. The van der Waals surface area contributed by atoms with Crippen molar-refractivity contribution in [3.63, 3.8) is 0 Å². The maximum absolute atomic E-state index is 12.8. The Morgan fingerprint density at radius 1 is 1.28 bits per heavy atom. The lowest BCUT2D eigenvalue weighted by atomic mass is 9.98. The molecule has 29 heavy (non-hydrogen) atoms. The molecule has 0 spiro atoms. The number of para-hydroxylation sites is 1. The molecule has 0 aliphatic carbocycles. The fraction of sp³-hybridized carbons (Fsp3) is 0.333. The summed E-state index contributed by atoms with van der Waals surface area (Å²) in [7, 11) is -3.26. The van der Waals surface area contributed by atoms with Gasteiger partial charge in [-0.2, -0.15) is 4.31 Å². The zero-order chi connectivity index (χ0) is 20.6. The Morgan fingerprint density at radius 3 is 2.86 bits per heavy atom. The van der Waals surface area contributed by atoms with Crippen LogP contribution in [0.1, 0.15) is 32.7 Å². The number of H-pyrrole nitrogens is 1. The van der Waals surface area contributed by atoms with Gasteiger partial charge in [-0.05, 0) is 42.5 Å². The number of nitrogens with zero attached hydrogens (tertiary/aromatic N) is 2. The van der Waals surface area contributed by atoms with Crippen LogP contribution in [0.25, 0.3) is 10.9 Å². The average Bonchev–Trinajstić information content (AvgIpc) is 3.01. The summed E-state index contributed by atoms with van der Waals surface area (Å²) >= 11 is 0. The number of hydrogen-bond acceptors (Lipinski definition) is 4. The van der Waals surface area contributed by atoms with Crippen molar-refractivity contribution in [2.24, 2.45) is 0 Å². The number of carbonyl (C=O) groups excluding carboxylic acids is 1. The van der Waals surface area contributed by atoms with Gasteiger partial charge in [0.2, 0.25) is 10.0 Å². The van der Waals surface area contributed by atoms with Crippen LogP contribution in [0, 0.1) is 6.92 Å². The molecule has 0 unspecified atom stereocenters. The molecule has 1 aliphatic rings. The molecule has 3 aromatic rings. The van der Waals surface area contributed by atoms with Crippen molar-refractivity contribution >= 4 is 26.8 Å². The number of pyridine rings is 1. The van der Waals surface area contributed by atoms with Gasteiger partial charge >= 0.3 is 0 Å². The van der Waals surface area contributed by atoms with Crippen LogP contribution in [0.3, 0.4) is 0 Å². The monoisotopic (exact) mass is 412 g/mol. The molecule has 2 N–H and O–H groups in total. The number of sulfonamides is 1. The normalized spacial score (nSPS) is 14.7. The van der Waals surface area contributed by atoms with Crippen LogP contribution in [0.4, 0.5) is 0 Å². The van der Waals surface area contributed by atoms with Crippen LogP contribution < -0.4 is 5.32 Å². The Morgan fingerprint density at radius 2 is 2.07 bits per heavy atom. The average molecular weight is 413 g/mol. The number of carbonyl (C=O) groups is 1. The number of hydrogen-bond donors (Lipinski definition) is 2. The third-order valence-electron chi connectivity index (χ3n) is 5.51. The van der Waals surface area contributed by atoms with E-state index in [1.165, 1.54) is 21.5 Å². The Balaban J connectivity index is 1.47. The van der Waals surface area contributed by atoms with E-state index in [0.717, 1.165) is 28.8 Å². The molecule has 1 amide bonds. The molecule has 0 fully saturated rings. The van der Waals surface area contributed by atoms with E-state index in [4.69, 9.17) is 0 Å². The van der Waals surface area contributed by atoms with E-state index in [9.17, 15) is 13.2 Å². The van der Waals surface area contributed by atoms with E-state index >= 15 is 0 Å². The third-order valence-corrected chi connectivity index (χ3v) is 6.76. The standard InChI is InChI=1S/C21H24N4O3S/c1-14-16(18-5-3-4-6-20(18)24-14)7-9-23-21(26)19-12-22-11-15-13-25(29(2,27)28)10-8-17(15)19/h3-6,11-12,24H,7-10,13H2,1-2H3,(H,23,26). The predicted octanol–water partition coefficient (Wildman–Crippen LogP) is 2.16. The first-order chi connectivity index (χ1) is 13.8. The molecule has 152 valence electrons. The first kappa shape index (κ1) is 19.6. The molecule has 4 rings (SSSR count). The van der Waals surface area contributed by atoms with Crippen molar-refractivity contribution in [1.82, 2.24) is 19.6 Å². The lowest BCUT2D eigenvalue weighted by Gasteiger charge is -2.27. The molecule has 0 saturated heterocycles. The van der Waals surface area contributed by atoms with Gasteiger partial charge < -0.3 is 10.3 Å². The zero-order valence-corrected chi connectivity index (χ0v) is 17.3. The van der Waals surface area contributed by atoms with Crippen molar-refractivity contribution in [3.8, 4) is 0 Å². The molecule has 0 atom stereocenters.